The molecule has 0 aromatic heterocycles. The topological polar surface area (TPSA) is 69.6 Å². The number of aromatic hydroxyl groups is 1. The van der Waals surface area contributed by atoms with Crippen LogP contribution in [0.2, 0.25) is 0 Å². The number of anilines is 1. The van der Waals surface area contributed by atoms with Gasteiger partial charge in [-0.1, -0.05) is 12.6 Å². The lowest BCUT2D eigenvalue weighted by Crippen LogP contribution is -2.43. The van der Waals surface area contributed by atoms with E-state index in [1.54, 1.807) is 17.0 Å². The highest BCUT2D eigenvalue weighted by atomic mass is 79.9. The quantitative estimate of drug-likeness (QED) is 0.821. The van der Waals surface area contributed by atoms with Gasteiger partial charge in [0.15, 0.2) is 0 Å². The Hall–Kier alpha value is -1.82. The van der Waals surface area contributed by atoms with Gasteiger partial charge in [-0.05, 0) is 47.0 Å². The lowest BCUT2D eigenvalue weighted by atomic mass is 9.97. The molecule has 1 aliphatic heterocycles. The van der Waals surface area contributed by atoms with Gasteiger partial charge in [-0.3, -0.25) is 9.59 Å². The summed E-state index contributed by atoms with van der Waals surface area (Å²) in [7, 11) is 0. The molecule has 2 amide bonds. The number of nitrogens with one attached hydrogen (secondary N) is 1. The number of rotatable bonds is 3. The van der Waals surface area contributed by atoms with Gasteiger partial charge in [-0.15, -0.1) is 0 Å². The van der Waals surface area contributed by atoms with E-state index in [9.17, 15) is 14.7 Å². The van der Waals surface area contributed by atoms with E-state index in [-0.39, 0.29) is 23.5 Å². The van der Waals surface area contributed by atoms with Crippen LogP contribution in [0.25, 0.3) is 0 Å². The van der Waals surface area contributed by atoms with Crippen molar-refractivity contribution in [1.29, 1.82) is 0 Å². The summed E-state index contributed by atoms with van der Waals surface area (Å²) < 4.78 is 0.452. The number of piperidine rings is 1. The second-order valence-corrected chi connectivity index (χ2v) is 5.75. The first-order valence-electron chi connectivity index (χ1n) is 6.72. The normalized spacial score (nSPS) is 18.1. The fourth-order valence-electron chi connectivity index (χ4n) is 2.37. The molecule has 1 aromatic rings. The number of carbonyl (C=O) groups is 2. The Morgan fingerprint density at radius 1 is 1.48 bits per heavy atom. The van der Waals surface area contributed by atoms with Crippen LogP contribution in [0.1, 0.15) is 12.8 Å². The summed E-state index contributed by atoms with van der Waals surface area (Å²) >= 11 is 3.24. The minimum absolute atomic E-state index is 0.0694. The van der Waals surface area contributed by atoms with Gasteiger partial charge in [0, 0.05) is 13.1 Å². The summed E-state index contributed by atoms with van der Waals surface area (Å²) in [5.74, 6) is -0.481. The van der Waals surface area contributed by atoms with Gasteiger partial charge < -0.3 is 15.3 Å². The maximum absolute atomic E-state index is 12.3. The number of carbonyl (C=O) groups excluding carboxylic acids is 2. The van der Waals surface area contributed by atoms with Crippen LogP contribution in [-0.2, 0) is 9.59 Å². The Morgan fingerprint density at radius 3 is 2.95 bits per heavy atom. The van der Waals surface area contributed by atoms with E-state index in [1.165, 1.54) is 12.1 Å². The molecule has 1 saturated heterocycles. The monoisotopic (exact) mass is 352 g/mol. The average molecular weight is 353 g/mol. The van der Waals surface area contributed by atoms with Crippen molar-refractivity contribution in [2.75, 3.05) is 18.4 Å². The molecule has 6 heteroatoms. The summed E-state index contributed by atoms with van der Waals surface area (Å²) in [5, 5.41) is 12.4. The lowest BCUT2D eigenvalue weighted by molar-refractivity contribution is -0.130. The minimum atomic E-state index is -0.253. The van der Waals surface area contributed by atoms with Crippen molar-refractivity contribution < 1.29 is 14.7 Å². The third-order valence-corrected chi connectivity index (χ3v) is 4.35. The zero-order valence-corrected chi connectivity index (χ0v) is 13.1. The van der Waals surface area contributed by atoms with Crippen molar-refractivity contribution in [2.45, 2.75) is 12.8 Å². The molecule has 1 aromatic carbocycles. The molecule has 0 bridgehead atoms. The maximum atomic E-state index is 12.3. The number of phenols is 1. The molecule has 112 valence electrons. The Balaban J connectivity index is 2.04. The van der Waals surface area contributed by atoms with Crippen LogP contribution in [0, 0.1) is 5.92 Å². The predicted octanol–water partition coefficient (Wildman–Crippen LogP) is 2.52. The third-order valence-electron chi connectivity index (χ3n) is 3.51. The highest BCUT2D eigenvalue weighted by Crippen LogP contribution is 2.31. The summed E-state index contributed by atoms with van der Waals surface area (Å²) in [6.45, 7) is 4.52. The second-order valence-electron chi connectivity index (χ2n) is 4.96. The largest absolute Gasteiger partial charge is 0.507 e. The summed E-state index contributed by atoms with van der Waals surface area (Å²) in [6, 6.07) is 4.89. The predicted molar refractivity (Wildman–Crippen MR) is 83.9 cm³/mol. The standard InChI is InChI=1S/C15H17BrN2O3/c1-2-13(20)18-8-4-5-10(9-18)15(21)17-11-6-3-7-12(19)14(11)16/h2-3,6-7,10,19H,1,4-5,8-9H2,(H,17,21). The molecule has 21 heavy (non-hydrogen) atoms. The molecule has 1 aliphatic rings. The average Bonchev–Trinajstić information content (AvgIpc) is 2.51. The Kier molecular flexibility index (Phi) is 5.01. The highest BCUT2D eigenvalue weighted by Gasteiger charge is 2.27. The van der Waals surface area contributed by atoms with Crippen molar-refractivity contribution in [3.05, 3.63) is 35.3 Å². The molecule has 0 radical (unpaired) electrons. The number of likely N-dealkylation sites (tertiary alicyclic amines) is 1. The SMILES string of the molecule is C=CC(=O)N1CCCC(C(=O)Nc2cccc(O)c2Br)C1. The van der Waals surface area contributed by atoms with Crippen molar-refractivity contribution in [3.8, 4) is 5.75 Å². The first kappa shape index (κ1) is 15.6. The third kappa shape index (κ3) is 3.64. The van der Waals surface area contributed by atoms with Gasteiger partial charge in [-0.2, -0.15) is 0 Å². The van der Waals surface area contributed by atoms with Crippen molar-refractivity contribution >= 4 is 33.4 Å². The number of halogens is 1. The molecular weight excluding hydrogens is 336 g/mol. The van der Waals surface area contributed by atoms with E-state index in [4.69, 9.17) is 0 Å². The van der Waals surface area contributed by atoms with Crippen LogP contribution >= 0.6 is 15.9 Å². The van der Waals surface area contributed by atoms with Gasteiger partial charge in [0.2, 0.25) is 11.8 Å². The zero-order chi connectivity index (χ0) is 15.4. The van der Waals surface area contributed by atoms with Gasteiger partial charge in [0.1, 0.15) is 5.75 Å². The molecule has 1 atom stereocenters. The number of hydrogen-bond acceptors (Lipinski definition) is 3. The Labute approximate surface area is 131 Å². The first-order chi connectivity index (χ1) is 10.0. The molecule has 1 heterocycles. The van der Waals surface area contributed by atoms with Crippen LogP contribution in [0.4, 0.5) is 5.69 Å². The van der Waals surface area contributed by atoms with Gasteiger partial charge in [0.05, 0.1) is 16.1 Å². The van der Waals surface area contributed by atoms with E-state index in [0.29, 0.717) is 23.2 Å². The van der Waals surface area contributed by atoms with E-state index in [2.05, 4.69) is 27.8 Å². The summed E-state index contributed by atoms with van der Waals surface area (Å²) in [4.78, 5) is 25.6. The summed E-state index contributed by atoms with van der Waals surface area (Å²) in [5.41, 5.74) is 0.521. The Bertz CT molecular complexity index is 574. The second kappa shape index (κ2) is 6.76. The number of phenolic OH excluding ortho intramolecular Hbond substituents is 1. The molecular formula is C15H17BrN2O3. The fourth-order valence-corrected chi connectivity index (χ4v) is 2.73. The molecule has 0 aliphatic carbocycles. The smallest absolute Gasteiger partial charge is 0.245 e. The summed E-state index contributed by atoms with van der Waals surface area (Å²) in [6.07, 6.45) is 2.80. The first-order valence-corrected chi connectivity index (χ1v) is 7.52. The van der Waals surface area contributed by atoms with Gasteiger partial charge >= 0.3 is 0 Å². The Morgan fingerprint density at radius 2 is 2.24 bits per heavy atom. The van der Waals surface area contributed by atoms with Crippen LogP contribution in [0.3, 0.4) is 0 Å². The van der Waals surface area contributed by atoms with Crippen LogP contribution in [-0.4, -0.2) is 34.9 Å². The molecule has 2 rings (SSSR count). The van der Waals surface area contributed by atoms with E-state index in [1.807, 2.05) is 0 Å². The van der Waals surface area contributed by atoms with Crippen LogP contribution in [0.5, 0.6) is 5.75 Å². The fraction of sp³-hybridized carbons (Fsp3) is 0.333. The van der Waals surface area contributed by atoms with Crippen LogP contribution in [0.15, 0.2) is 35.3 Å². The number of hydrogen-bond donors (Lipinski definition) is 2. The molecule has 5 nitrogen and oxygen atoms in total. The van der Waals surface area contributed by atoms with Crippen LogP contribution < -0.4 is 5.32 Å². The van der Waals surface area contributed by atoms with Crippen molar-refractivity contribution in [2.24, 2.45) is 5.92 Å². The maximum Gasteiger partial charge on any atom is 0.245 e. The molecule has 1 fully saturated rings. The molecule has 0 saturated carbocycles. The molecule has 0 spiro atoms. The van der Waals surface area contributed by atoms with Crippen molar-refractivity contribution in [1.82, 2.24) is 4.90 Å². The van der Waals surface area contributed by atoms with E-state index >= 15 is 0 Å². The lowest BCUT2D eigenvalue weighted by Gasteiger charge is -2.31. The molecule has 1 unspecified atom stereocenters. The zero-order valence-electron chi connectivity index (χ0n) is 11.5. The highest BCUT2D eigenvalue weighted by molar-refractivity contribution is 9.10. The number of amides is 2. The van der Waals surface area contributed by atoms with E-state index < -0.39 is 0 Å². The van der Waals surface area contributed by atoms with Crippen molar-refractivity contribution in [3.63, 3.8) is 0 Å². The minimum Gasteiger partial charge on any atom is -0.507 e. The van der Waals surface area contributed by atoms with Gasteiger partial charge in [-0.25, -0.2) is 0 Å². The molecule has 2 N–H and O–H groups in total. The van der Waals surface area contributed by atoms with Gasteiger partial charge in [0.25, 0.3) is 0 Å². The number of benzene rings is 1. The number of nitrogens with zero attached hydrogens (tertiary/aromatic N) is 1. The van der Waals surface area contributed by atoms with E-state index in [0.717, 1.165) is 12.8 Å².